The van der Waals surface area contributed by atoms with Crippen molar-refractivity contribution in [1.82, 2.24) is 20.3 Å². The fraction of sp³-hybridized carbons (Fsp3) is 0.348. The Labute approximate surface area is 222 Å². The maximum absolute atomic E-state index is 14.6. The molecule has 1 aliphatic heterocycles. The summed E-state index contributed by atoms with van der Waals surface area (Å²) in [5, 5.41) is 6.60. The molecule has 0 spiro atoms. The number of sulfonamides is 1. The molecule has 0 unspecified atom stereocenters. The van der Waals surface area contributed by atoms with Gasteiger partial charge >= 0.3 is 6.18 Å². The number of nitrogens with zero attached hydrogens (tertiary/aromatic N) is 3. The number of hydrogen-bond acceptors (Lipinski definition) is 8. The van der Waals surface area contributed by atoms with Crippen molar-refractivity contribution in [3.05, 3.63) is 54.6 Å². The second kappa shape index (κ2) is 12.5. The molecule has 0 bridgehead atoms. The van der Waals surface area contributed by atoms with Crippen molar-refractivity contribution in [3.8, 4) is 22.9 Å². The summed E-state index contributed by atoms with van der Waals surface area (Å²) < 4.78 is 83.0. The van der Waals surface area contributed by atoms with Gasteiger partial charge in [-0.1, -0.05) is 0 Å². The number of pyridine rings is 1. The summed E-state index contributed by atoms with van der Waals surface area (Å²) >= 11 is 0. The van der Waals surface area contributed by atoms with Crippen LogP contribution in [-0.4, -0.2) is 54.4 Å². The highest BCUT2D eigenvalue weighted by Crippen LogP contribution is 2.32. The smallest absolute Gasteiger partial charge is 0.390 e. The Kier molecular flexibility index (Phi) is 9.68. The first-order valence-electron chi connectivity index (χ1n) is 11.4. The molecular weight excluding hydrogens is 552 g/mol. The van der Waals surface area contributed by atoms with Crippen LogP contribution in [0.3, 0.4) is 0 Å². The van der Waals surface area contributed by atoms with Gasteiger partial charge in [-0.2, -0.15) is 13.2 Å². The van der Waals surface area contributed by atoms with Gasteiger partial charge in [0.2, 0.25) is 21.9 Å². The van der Waals surface area contributed by atoms with Crippen molar-refractivity contribution in [1.29, 1.82) is 0 Å². The van der Waals surface area contributed by atoms with E-state index in [1.54, 1.807) is 24.4 Å². The van der Waals surface area contributed by atoms with Gasteiger partial charge in [0.1, 0.15) is 5.75 Å². The lowest BCUT2D eigenvalue weighted by molar-refractivity contribution is -0.129. The molecule has 38 heavy (non-hydrogen) atoms. The Bertz CT molecular complexity index is 1340. The van der Waals surface area contributed by atoms with Crippen LogP contribution in [0, 0.1) is 5.82 Å². The minimum absolute atomic E-state index is 0. The van der Waals surface area contributed by atoms with Crippen LogP contribution in [0.15, 0.2) is 48.8 Å². The molecule has 15 heteroatoms. The Morgan fingerprint density at radius 3 is 2.66 bits per heavy atom. The van der Waals surface area contributed by atoms with Gasteiger partial charge < -0.3 is 15.4 Å². The molecule has 9 nitrogen and oxygen atoms in total. The number of anilines is 2. The maximum Gasteiger partial charge on any atom is 0.390 e. The van der Waals surface area contributed by atoms with E-state index in [0.29, 0.717) is 17.2 Å². The molecule has 1 atom stereocenters. The monoisotopic (exact) mass is 576 g/mol. The third kappa shape index (κ3) is 8.39. The second-order valence-electron chi connectivity index (χ2n) is 8.34. The van der Waals surface area contributed by atoms with Crippen molar-refractivity contribution in [2.75, 3.05) is 28.9 Å². The van der Waals surface area contributed by atoms with E-state index in [1.807, 2.05) is 4.72 Å². The van der Waals surface area contributed by atoms with Crippen molar-refractivity contribution in [3.63, 3.8) is 0 Å². The van der Waals surface area contributed by atoms with Crippen LogP contribution in [0.5, 0.6) is 11.6 Å². The quantitative estimate of drug-likeness (QED) is 0.312. The van der Waals surface area contributed by atoms with E-state index in [9.17, 15) is 26.0 Å². The van der Waals surface area contributed by atoms with Gasteiger partial charge in [-0.25, -0.2) is 27.8 Å². The SMILES string of the molecule is Cl.O=S(=O)(CCC(F)(F)F)Nc1ccc(Oc2ncccc2-c2ccnc(N[C@H]3CCCNC3)n2)cc1F. The Hall–Kier alpha value is -3.23. The van der Waals surface area contributed by atoms with Crippen LogP contribution in [0.1, 0.15) is 19.3 Å². The number of halogens is 5. The molecule has 0 amide bonds. The highest BCUT2D eigenvalue weighted by atomic mass is 35.5. The zero-order chi connectivity index (χ0) is 26.5. The fourth-order valence-corrected chi connectivity index (χ4v) is 4.73. The average Bonchev–Trinajstić information content (AvgIpc) is 2.85. The van der Waals surface area contributed by atoms with Crippen LogP contribution < -0.4 is 20.1 Å². The summed E-state index contributed by atoms with van der Waals surface area (Å²) in [4.78, 5) is 13.0. The molecular formula is C23H25ClF4N6O3S. The zero-order valence-corrected chi connectivity index (χ0v) is 21.5. The van der Waals surface area contributed by atoms with E-state index >= 15 is 0 Å². The second-order valence-corrected chi connectivity index (χ2v) is 10.2. The maximum atomic E-state index is 14.6. The molecule has 3 N–H and O–H groups in total. The van der Waals surface area contributed by atoms with E-state index in [2.05, 4.69) is 25.6 Å². The molecule has 206 valence electrons. The first-order valence-corrected chi connectivity index (χ1v) is 13.0. The predicted octanol–water partition coefficient (Wildman–Crippen LogP) is 4.75. The van der Waals surface area contributed by atoms with Gasteiger partial charge in [-0.15, -0.1) is 12.4 Å². The van der Waals surface area contributed by atoms with Crippen molar-refractivity contribution >= 4 is 34.1 Å². The van der Waals surface area contributed by atoms with E-state index in [4.69, 9.17) is 4.74 Å². The molecule has 1 fully saturated rings. The summed E-state index contributed by atoms with van der Waals surface area (Å²) in [7, 11) is -4.41. The van der Waals surface area contributed by atoms with Crippen LogP contribution >= 0.6 is 12.4 Å². The Morgan fingerprint density at radius 2 is 1.95 bits per heavy atom. The third-order valence-corrected chi connectivity index (χ3v) is 6.68. The van der Waals surface area contributed by atoms with Crippen molar-refractivity contribution in [2.24, 2.45) is 0 Å². The molecule has 1 aliphatic rings. The molecule has 2 aromatic heterocycles. The van der Waals surface area contributed by atoms with Gasteiger partial charge in [0.15, 0.2) is 5.82 Å². The third-order valence-electron chi connectivity index (χ3n) is 5.41. The highest BCUT2D eigenvalue weighted by molar-refractivity contribution is 7.92. The largest absolute Gasteiger partial charge is 0.438 e. The molecule has 4 rings (SSSR count). The molecule has 0 aliphatic carbocycles. The molecule has 0 radical (unpaired) electrons. The molecule has 1 aromatic carbocycles. The number of nitrogens with one attached hydrogen (secondary N) is 3. The highest BCUT2D eigenvalue weighted by Gasteiger charge is 2.30. The lowest BCUT2D eigenvalue weighted by Gasteiger charge is -2.23. The van der Waals surface area contributed by atoms with Crippen LogP contribution in [-0.2, 0) is 10.0 Å². The van der Waals surface area contributed by atoms with Gasteiger partial charge in [0.25, 0.3) is 0 Å². The summed E-state index contributed by atoms with van der Waals surface area (Å²) in [5.41, 5.74) is 0.519. The minimum atomic E-state index is -4.65. The minimum Gasteiger partial charge on any atom is -0.438 e. The average molecular weight is 577 g/mol. The Morgan fingerprint density at radius 1 is 1.13 bits per heavy atom. The van der Waals surface area contributed by atoms with Gasteiger partial charge in [0.05, 0.1) is 29.1 Å². The van der Waals surface area contributed by atoms with Gasteiger partial charge in [0, 0.05) is 31.0 Å². The first-order chi connectivity index (χ1) is 17.6. The standard InChI is InChI=1S/C23H24F4N6O3S.ClH/c24-18-13-16(5-6-20(18)33-37(34,35)12-8-23(25,26)27)36-21-17(4-2-10-29-21)19-7-11-30-22(32-19)31-15-3-1-9-28-14-15;/h2,4-7,10-11,13,15,28,33H,1,3,8-9,12,14H2,(H,30,31,32);1H/t15-;/m0./s1. The molecule has 0 saturated carbocycles. The van der Waals surface area contributed by atoms with Crippen molar-refractivity contribution in [2.45, 2.75) is 31.5 Å². The van der Waals surface area contributed by atoms with E-state index in [-0.39, 0.29) is 30.1 Å². The number of hydrogen-bond donors (Lipinski definition) is 3. The topological polar surface area (TPSA) is 118 Å². The van der Waals surface area contributed by atoms with Crippen molar-refractivity contribution < 1.29 is 30.7 Å². The van der Waals surface area contributed by atoms with Gasteiger partial charge in [-0.3, -0.25) is 4.72 Å². The number of rotatable bonds is 9. The summed E-state index contributed by atoms with van der Waals surface area (Å²) in [6, 6.07) is 8.51. The van der Waals surface area contributed by atoms with E-state index in [1.165, 1.54) is 12.3 Å². The zero-order valence-electron chi connectivity index (χ0n) is 19.8. The Balaban J connectivity index is 0.00000400. The molecule has 3 aromatic rings. The van der Waals surface area contributed by atoms with Crippen LogP contribution in [0.4, 0.5) is 29.2 Å². The first kappa shape index (κ1) is 29.3. The number of aromatic nitrogens is 3. The van der Waals surface area contributed by atoms with E-state index in [0.717, 1.165) is 38.1 Å². The number of alkyl halides is 3. The molecule has 1 saturated heterocycles. The normalized spacial score (nSPS) is 15.8. The summed E-state index contributed by atoms with van der Waals surface area (Å²) in [5.74, 6) is -1.70. The lowest BCUT2D eigenvalue weighted by atomic mass is 10.1. The number of ether oxygens (including phenoxy) is 1. The fourth-order valence-electron chi connectivity index (χ4n) is 3.63. The number of benzene rings is 1. The molecule has 3 heterocycles. The van der Waals surface area contributed by atoms with Gasteiger partial charge in [-0.05, 0) is 49.7 Å². The van der Waals surface area contributed by atoms with E-state index < -0.39 is 39.9 Å². The van der Waals surface area contributed by atoms with Crippen LogP contribution in [0.2, 0.25) is 0 Å². The lowest BCUT2D eigenvalue weighted by Crippen LogP contribution is -2.38. The predicted molar refractivity (Wildman–Crippen MR) is 137 cm³/mol. The summed E-state index contributed by atoms with van der Waals surface area (Å²) in [6.07, 6.45) is -1.10. The van der Waals surface area contributed by atoms with Crippen LogP contribution in [0.25, 0.3) is 11.3 Å². The number of piperidine rings is 1. The summed E-state index contributed by atoms with van der Waals surface area (Å²) in [6.45, 7) is 1.77.